The average molecular weight is 607 g/mol. The zero-order chi connectivity index (χ0) is 28.0. The number of halogens is 1. The van der Waals surface area contributed by atoms with Crippen molar-refractivity contribution in [2.24, 2.45) is 5.92 Å². The van der Waals surface area contributed by atoms with Crippen LogP contribution in [0.2, 0.25) is 54.4 Å². The van der Waals surface area contributed by atoms with Crippen molar-refractivity contribution in [2.75, 3.05) is 6.61 Å². The lowest BCUT2D eigenvalue weighted by Crippen LogP contribution is -2.74. The quantitative estimate of drug-likeness (QED) is 0.194. The Morgan fingerprint density at radius 1 is 0.914 bits per heavy atom. The summed E-state index contributed by atoms with van der Waals surface area (Å²) < 4.78 is 16.5. The Morgan fingerprint density at radius 3 is 1.77 bits per heavy atom. The molecule has 1 aliphatic heterocycles. The summed E-state index contributed by atoms with van der Waals surface area (Å²) in [7, 11) is -5.80. The van der Waals surface area contributed by atoms with E-state index in [0.717, 1.165) is 10.9 Å². The third-order valence-electron chi connectivity index (χ3n) is 9.46. The van der Waals surface area contributed by atoms with Gasteiger partial charge in [-0.15, -0.1) is 0 Å². The van der Waals surface area contributed by atoms with E-state index in [1.54, 1.807) is 0 Å². The van der Waals surface area contributed by atoms with E-state index in [-0.39, 0.29) is 39.1 Å². The minimum Gasteiger partial charge on any atom is -0.413 e. The van der Waals surface area contributed by atoms with Crippen LogP contribution >= 0.6 is 15.9 Å². The van der Waals surface area contributed by atoms with E-state index in [1.165, 1.54) is 0 Å². The molecule has 3 atom stereocenters. The molecule has 1 saturated heterocycles. The molecule has 1 amide bonds. The lowest BCUT2D eigenvalue weighted by molar-refractivity contribution is -0.154. The number of nitrogens with zero attached hydrogens (tertiary/aromatic N) is 1. The smallest absolute Gasteiger partial charge is 0.222 e. The van der Waals surface area contributed by atoms with Gasteiger partial charge in [0.25, 0.3) is 0 Å². The Kier molecular flexibility index (Phi) is 10.3. The van der Waals surface area contributed by atoms with Crippen LogP contribution in [0.1, 0.15) is 75.7 Å². The number of carbonyl (C=O) groups is 1. The van der Waals surface area contributed by atoms with Gasteiger partial charge in [0.15, 0.2) is 24.9 Å². The molecule has 4 nitrogen and oxygen atoms in total. The molecule has 206 valence electrons. The van der Waals surface area contributed by atoms with Gasteiger partial charge in [0.05, 0.1) is 18.6 Å². The number of amides is 1. The zero-order valence-corrected chi connectivity index (χ0v) is 30.4. The lowest BCUT2D eigenvalue weighted by atomic mass is 9.84. The minimum absolute atomic E-state index is 0.0786. The molecular formula is C27H56BrNO3Si3. The van der Waals surface area contributed by atoms with Crippen LogP contribution < -0.4 is 0 Å². The molecule has 0 N–H and O–H groups in total. The Bertz CT molecular complexity index is 789. The first kappa shape index (κ1) is 33.3. The molecular weight excluding hydrogens is 550 g/mol. The van der Waals surface area contributed by atoms with E-state index >= 15 is 0 Å². The van der Waals surface area contributed by atoms with Gasteiger partial charge in [0.2, 0.25) is 5.91 Å². The van der Waals surface area contributed by atoms with Crippen molar-refractivity contribution < 1.29 is 13.6 Å². The van der Waals surface area contributed by atoms with Crippen molar-refractivity contribution in [1.29, 1.82) is 0 Å². The number of β-lactam (4-membered cyclic amide) rings is 1. The van der Waals surface area contributed by atoms with Crippen LogP contribution in [0.25, 0.3) is 0 Å². The maximum absolute atomic E-state index is 13.7. The van der Waals surface area contributed by atoms with E-state index in [9.17, 15) is 4.79 Å². The molecule has 0 aliphatic carbocycles. The highest BCUT2D eigenvalue weighted by molar-refractivity contribution is 9.11. The monoisotopic (exact) mass is 605 g/mol. The van der Waals surface area contributed by atoms with Crippen LogP contribution in [-0.4, -0.2) is 54.1 Å². The highest BCUT2D eigenvalue weighted by Gasteiger charge is 2.59. The first-order valence-corrected chi connectivity index (χ1v) is 22.8. The van der Waals surface area contributed by atoms with Crippen molar-refractivity contribution >= 4 is 46.7 Å². The molecule has 35 heavy (non-hydrogen) atoms. The van der Waals surface area contributed by atoms with E-state index in [2.05, 4.69) is 135 Å². The average Bonchev–Trinajstić information content (AvgIpc) is 2.59. The Labute approximate surface area is 229 Å². The number of rotatable bonds is 9. The Morgan fingerprint density at radius 2 is 1.37 bits per heavy atom. The summed E-state index contributed by atoms with van der Waals surface area (Å²) in [6.07, 6.45) is 3.00. The van der Waals surface area contributed by atoms with Gasteiger partial charge in [-0.3, -0.25) is 4.79 Å². The molecule has 0 bridgehead atoms. The molecule has 0 spiro atoms. The normalized spacial score (nSPS) is 22.4. The molecule has 8 heteroatoms. The molecule has 1 aliphatic rings. The number of hydrogen-bond acceptors (Lipinski definition) is 3. The number of hydrogen-bond donors (Lipinski definition) is 0. The first-order valence-electron chi connectivity index (χ1n) is 13.3. The van der Waals surface area contributed by atoms with Gasteiger partial charge in [-0.1, -0.05) is 97.4 Å². The second-order valence-electron chi connectivity index (χ2n) is 15.1. The molecule has 1 fully saturated rings. The van der Waals surface area contributed by atoms with Crippen molar-refractivity contribution in [1.82, 2.24) is 4.57 Å². The largest absolute Gasteiger partial charge is 0.413 e. The zero-order valence-electron chi connectivity index (χ0n) is 25.8. The maximum atomic E-state index is 13.7. The van der Waals surface area contributed by atoms with Gasteiger partial charge < -0.3 is 13.4 Å². The van der Waals surface area contributed by atoms with Crippen molar-refractivity contribution in [3.05, 3.63) is 10.6 Å². The second-order valence-corrected chi connectivity index (χ2v) is 30.8. The third-order valence-corrected chi connectivity index (χ3v) is 24.5. The van der Waals surface area contributed by atoms with Crippen LogP contribution in [0, 0.1) is 5.92 Å². The number of carbonyl (C=O) groups excluding carboxylic acids is 1. The molecule has 1 heterocycles. The van der Waals surface area contributed by atoms with Crippen LogP contribution in [0.4, 0.5) is 0 Å². The molecule has 0 aromatic rings. The van der Waals surface area contributed by atoms with Gasteiger partial charge in [-0.05, 0) is 54.6 Å². The topological polar surface area (TPSA) is 38.8 Å². The fourth-order valence-corrected chi connectivity index (χ4v) is 9.28. The van der Waals surface area contributed by atoms with Crippen LogP contribution in [0.3, 0.4) is 0 Å². The fourth-order valence-electron chi connectivity index (χ4n) is 3.87. The highest BCUT2D eigenvalue weighted by Crippen LogP contribution is 2.48. The fraction of sp³-hybridized carbons (Fsp3) is 0.889. The first-order chi connectivity index (χ1) is 15.3. The van der Waals surface area contributed by atoms with Gasteiger partial charge in [0, 0.05) is 10.5 Å². The summed E-state index contributed by atoms with van der Waals surface area (Å²) in [6, 6.07) is 0.170. The molecule has 0 aromatic carbocycles. The molecule has 0 saturated carbocycles. The Hall–Kier alpha value is 0.261. The summed E-state index contributed by atoms with van der Waals surface area (Å²) in [5.74, 6) is 0.200. The summed E-state index contributed by atoms with van der Waals surface area (Å²) in [5.41, 5.74) is 0. The standard InChI is InChI=1S/C27H56BrNO3Si3/c1-20(32-35(15,16)27(8,9)10)23-22(29(24(23)30)33(11,12)25(2,3)4)18-17-21(28)19-31-34(13,14)26(5,6)7/h17,20,22-23H,18-19H2,1-16H3/b21-17+/t20-,22-,23-/m1/s1. The summed E-state index contributed by atoms with van der Waals surface area (Å²) >= 11 is 3.78. The second kappa shape index (κ2) is 10.8. The lowest BCUT2D eigenvalue weighted by Gasteiger charge is -2.60. The predicted molar refractivity (Wildman–Crippen MR) is 164 cm³/mol. The van der Waals surface area contributed by atoms with Gasteiger partial charge in [-0.25, -0.2) is 0 Å². The van der Waals surface area contributed by atoms with Gasteiger partial charge in [0.1, 0.15) is 0 Å². The highest BCUT2D eigenvalue weighted by atomic mass is 79.9. The van der Waals surface area contributed by atoms with Crippen LogP contribution in [-0.2, 0) is 13.6 Å². The van der Waals surface area contributed by atoms with Crippen LogP contribution in [0.5, 0.6) is 0 Å². The predicted octanol–water partition coefficient (Wildman–Crippen LogP) is 8.92. The van der Waals surface area contributed by atoms with E-state index in [1.807, 2.05) is 0 Å². The Balaban J connectivity index is 3.18. The molecule has 0 aromatic heterocycles. The summed E-state index contributed by atoms with van der Waals surface area (Å²) in [6.45, 7) is 37.0. The van der Waals surface area contributed by atoms with E-state index in [4.69, 9.17) is 8.85 Å². The van der Waals surface area contributed by atoms with E-state index < -0.39 is 24.9 Å². The van der Waals surface area contributed by atoms with Crippen LogP contribution in [0.15, 0.2) is 10.6 Å². The minimum atomic E-state index is -2.01. The SMILES string of the molecule is C[C@@H](O[Si](C)(C)C(C)(C)C)[C@H]1C(=O)N([Si](C)(C)C(C)(C)C)[C@@H]1C/C=C(/Br)CO[Si](C)(C)C(C)(C)C. The third kappa shape index (κ3) is 7.43. The summed E-state index contributed by atoms with van der Waals surface area (Å²) in [5, 5.41) is 0.399. The summed E-state index contributed by atoms with van der Waals surface area (Å²) in [4.78, 5) is 13.7. The van der Waals surface area contributed by atoms with Gasteiger partial charge in [-0.2, -0.15) is 0 Å². The maximum Gasteiger partial charge on any atom is 0.222 e. The van der Waals surface area contributed by atoms with Crippen molar-refractivity contribution in [2.45, 2.75) is 142 Å². The van der Waals surface area contributed by atoms with Gasteiger partial charge >= 0.3 is 0 Å². The van der Waals surface area contributed by atoms with Crippen molar-refractivity contribution in [3.63, 3.8) is 0 Å². The molecule has 0 radical (unpaired) electrons. The van der Waals surface area contributed by atoms with Crippen molar-refractivity contribution in [3.8, 4) is 0 Å². The molecule has 0 unspecified atom stereocenters. The van der Waals surface area contributed by atoms with E-state index in [0.29, 0.717) is 6.61 Å². The molecule has 1 rings (SSSR count).